The van der Waals surface area contributed by atoms with Gasteiger partial charge in [0.15, 0.2) is 5.82 Å². The number of likely N-dealkylation sites (N-methyl/N-ethyl adjacent to an activating group) is 1. The van der Waals surface area contributed by atoms with Crippen LogP contribution in [0.4, 0.5) is 5.82 Å². The summed E-state index contributed by atoms with van der Waals surface area (Å²) >= 11 is 0. The van der Waals surface area contributed by atoms with Gasteiger partial charge in [0.05, 0.1) is 13.0 Å². The predicted octanol–water partition coefficient (Wildman–Crippen LogP) is 1.52. The molecule has 118 valence electrons. The summed E-state index contributed by atoms with van der Waals surface area (Å²) in [5.74, 6) is 0.143. The molecule has 7 heteroatoms. The molecule has 1 heterocycles. The first-order chi connectivity index (χ1) is 9.93. The van der Waals surface area contributed by atoms with Crippen molar-refractivity contribution in [3.8, 4) is 0 Å². The Kier molecular flexibility index (Phi) is 6.71. The van der Waals surface area contributed by atoms with Gasteiger partial charge in [-0.3, -0.25) is 9.59 Å². The molecule has 0 radical (unpaired) electrons. The quantitative estimate of drug-likeness (QED) is 0.743. The summed E-state index contributed by atoms with van der Waals surface area (Å²) in [5.41, 5.74) is 0. The smallest absolute Gasteiger partial charge is 0.305 e. The minimum atomic E-state index is -0.910. The third kappa shape index (κ3) is 5.85. The van der Waals surface area contributed by atoms with Crippen LogP contribution in [0.25, 0.3) is 0 Å². The van der Waals surface area contributed by atoms with Crippen molar-refractivity contribution in [3.63, 3.8) is 0 Å². The first-order valence-electron chi connectivity index (χ1n) is 7.08. The highest BCUT2D eigenvalue weighted by molar-refractivity contribution is 5.81. The van der Waals surface area contributed by atoms with Crippen molar-refractivity contribution in [2.24, 2.45) is 0 Å². The van der Waals surface area contributed by atoms with Crippen molar-refractivity contribution in [2.75, 3.05) is 31.6 Å². The maximum atomic E-state index is 12.2. The number of carbonyl (C=O) groups excluding carboxylic acids is 1. The van der Waals surface area contributed by atoms with E-state index in [1.807, 2.05) is 0 Å². The van der Waals surface area contributed by atoms with Gasteiger partial charge >= 0.3 is 5.97 Å². The largest absolute Gasteiger partial charge is 0.481 e. The number of carboxylic acids is 1. The topological polar surface area (TPSA) is 86.9 Å². The molecule has 1 aromatic rings. The Balaban J connectivity index is 2.68. The molecule has 1 aromatic heterocycles. The van der Waals surface area contributed by atoms with E-state index in [2.05, 4.69) is 12.1 Å². The number of rotatable bonds is 9. The number of anilines is 1. The molecular formula is C14H23N3O4. The number of carboxylic acid groups (broad SMARTS) is 1. The van der Waals surface area contributed by atoms with Gasteiger partial charge in [0.2, 0.25) is 5.91 Å². The third-order valence-electron chi connectivity index (χ3n) is 3.13. The van der Waals surface area contributed by atoms with Gasteiger partial charge < -0.3 is 19.4 Å². The predicted molar refractivity (Wildman–Crippen MR) is 78.3 cm³/mol. The molecule has 21 heavy (non-hydrogen) atoms. The van der Waals surface area contributed by atoms with Crippen molar-refractivity contribution in [1.29, 1.82) is 0 Å². The fourth-order valence-corrected chi connectivity index (χ4v) is 1.81. The summed E-state index contributed by atoms with van der Waals surface area (Å²) in [6.07, 6.45) is 1.90. The molecule has 0 aliphatic heterocycles. The van der Waals surface area contributed by atoms with Gasteiger partial charge in [-0.05, 0) is 13.3 Å². The van der Waals surface area contributed by atoms with Crippen molar-refractivity contribution < 1.29 is 19.2 Å². The highest BCUT2D eigenvalue weighted by Gasteiger charge is 2.18. The monoisotopic (exact) mass is 297 g/mol. The van der Waals surface area contributed by atoms with E-state index in [0.29, 0.717) is 18.1 Å². The summed E-state index contributed by atoms with van der Waals surface area (Å²) < 4.78 is 5.00. The Bertz CT molecular complexity index is 473. The van der Waals surface area contributed by atoms with Crippen LogP contribution in [-0.2, 0) is 9.59 Å². The number of aliphatic carboxylic acids is 1. The number of hydrogen-bond donors (Lipinski definition) is 1. The Labute approximate surface area is 124 Å². The van der Waals surface area contributed by atoms with E-state index >= 15 is 0 Å². The number of aromatic nitrogens is 1. The van der Waals surface area contributed by atoms with Crippen LogP contribution < -0.4 is 4.90 Å². The van der Waals surface area contributed by atoms with Gasteiger partial charge in [0.25, 0.3) is 0 Å². The molecule has 0 saturated heterocycles. The molecule has 0 unspecified atom stereocenters. The molecule has 1 N–H and O–H groups in total. The number of amides is 1. The van der Waals surface area contributed by atoms with Crippen molar-refractivity contribution in [2.45, 2.75) is 33.1 Å². The normalized spacial score (nSPS) is 10.4. The van der Waals surface area contributed by atoms with Crippen LogP contribution in [0.3, 0.4) is 0 Å². The molecule has 0 atom stereocenters. The molecule has 0 aliphatic rings. The lowest BCUT2D eigenvalue weighted by Gasteiger charge is -2.24. The van der Waals surface area contributed by atoms with Gasteiger partial charge in [-0.25, -0.2) is 0 Å². The van der Waals surface area contributed by atoms with E-state index in [1.54, 1.807) is 29.8 Å². The summed E-state index contributed by atoms with van der Waals surface area (Å²) in [5, 5.41) is 12.7. The molecular weight excluding hydrogens is 274 g/mol. The van der Waals surface area contributed by atoms with Crippen molar-refractivity contribution in [1.82, 2.24) is 10.1 Å². The average Bonchev–Trinajstić information content (AvgIpc) is 2.86. The highest BCUT2D eigenvalue weighted by atomic mass is 16.5. The third-order valence-corrected chi connectivity index (χ3v) is 3.13. The Morgan fingerprint density at radius 1 is 1.38 bits per heavy atom. The number of unbranched alkanes of at least 4 members (excludes halogenated alkanes) is 1. The van der Waals surface area contributed by atoms with Crippen LogP contribution in [0.1, 0.15) is 31.9 Å². The lowest BCUT2D eigenvalue weighted by atomic mass is 10.3. The van der Waals surface area contributed by atoms with E-state index in [-0.39, 0.29) is 25.4 Å². The Morgan fingerprint density at radius 3 is 2.62 bits per heavy atom. The second-order valence-electron chi connectivity index (χ2n) is 5.03. The first-order valence-corrected chi connectivity index (χ1v) is 7.08. The molecule has 1 amide bonds. The molecule has 0 fully saturated rings. The molecule has 7 nitrogen and oxygen atoms in total. The summed E-state index contributed by atoms with van der Waals surface area (Å²) in [6, 6.07) is 1.70. The molecule has 0 aliphatic carbocycles. The lowest BCUT2D eigenvalue weighted by Crippen LogP contribution is -2.40. The number of hydrogen-bond acceptors (Lipinski definition) is 5. The van der Waals surface area contributed by atoms with Gasteiger partial charge in [0, 0.05) is 26.2 Å². The summed E-state index contributed by atoms with van der Waals surface area (Å²) in [6.45, 7) is 4.82. The molecule has 0 spiro atoms. The summed E-state index contributed by atoms with van der Waals surface area (Å²) in [7, 11) is 1.75. The SMILES string of the molecule is CCCCN(C)C(=O)CN(CCC(=O)O)c1cc(C)on1. The van der Waals surface area contributed by atoms with E-state index in [9.17, 15) is 9.59 Å². The highest BCUT2D eigenvalue weighted by Crippen LogP contribution is 2.14. The van der Waals surface area contributed by atoms with E-state index in [1.165, 1.54) is 0 Å². The maximum absolute atomic E-state index is 12.2. The standard InChI is InChI=1S/C14H23N3O4/c1-4-5-7-16(3)13(18)10-17(8-6-14(19)20)12-9-11(2)21-15-12/h9H,4-8,10H2,1-3H3,(H,19,20). The van der Waals surface area contributed by atoms with Gasteiger partial charge in [-0.2, -0.15) is 0 Å². The van der Waals surface area contributed by atoms with E-state index in [0.717, 1.165) is 12.8 Å². The zero-order valence-corrected chi connectivity index (χ0v) is 12.8. The minimum Gasteiger partial charge on any atom is -0.481 e. The van der Waals surface area contributed by atoms with Gasteiger partial charge in [-0.1, -0.05) is 18.5 Å². The number of aryl methyl sites for hydroxylation is 1. The molecule has 0 aromatic carbocycles. The minimum absolute atomic E-state index is 0.0577. The fourth-order valence-electron chi connectivity index (χ4n) is 1.81. The first kappa shape index (κ1) is 17.0. The molecule has 0 bridgehead atoms. The average molecular weight is 297 g/mol. The zero-order valence-electron chi connectivity index (χ0n) is 12.8. The summed E-state index contributed by atoms with van der Waals surface area (Å²) in [4.78, 5) is 26.2. The Hall–Kier alpha value is -2.05. The van der Waals surface area contributed by atoms with Crippen LogP contribution in [-0.4, -0.2) is 53.7 Å². The fraction of sp³-hybridized carbons (Fsp3) is 0.643. The zero-order chi connectivity index (χ0) is 15.8. The second-order valence-corrected chi connectivity index (χ2v) is 5.03. The van der Waals surface area contributed by atoms with Crippen LogP contribution in [0, 0.1) is 6.92 Å². The maximum Gasteiger partial charge on any atom is 0.305 e. The van der Waals surface area contributed by atoms with E-state index < -0.39 is 5.97 Å². The van der Waals surface area contributed by atoms with Crippen LogP contribution in [0.2, 0.25) is 0 Å². The van der Waals surface area contributed by atoms with Gasteiger partial charge in [0.1, 0.15) is 5.76 Å². The van der Waals surface area contributed by atoms with Crippen LogP contribution >= 0.6 is 0 Å². The number of carbonyl (C=O) groups is 2. The van der Waals surface area contributed by atoms with Gasteiger partial charge in [-0.15, -0.1) is 0 Å². The van der Waals surface area contributed by atoms with Crippen LogP contribution in [0.5, 0.6) is 0 Å². The Morgan fingerprint density at radius 2 is 2.10 bits per heavy atom. The molecule has 0 saturated carbocycles. The van der Waals surface area contributed by atoms with Crippen LogP contribution in [0.15, 0.2) is 10.6 Å². The lowest BCUT2D eigenvalue weighted by molar-refractivity contribution is -0.137. The number of nitrogens with zero attached hydrogens (tertiary/aromatic N) is 3. The van der Waals surface area contributed by atoms with Crippen molar-refractivity contribution in [3.05, 3.63) is 11.8 Å². The second kappa shape index (κ2) is 8.28. The molecule has 1 rings (SSSR count). The van der Waals surface area contributed by atoms with Crippen molar-refractivity contribution >= 4 is 17.7 Å². The van der Waals surface area contributed by atoms with E-state index in [4.69, 9.17) is 9.63 Å².